The largest absolute Gasteiger partial charge is 0.372 e. The molecule has 1 aromatic rings. The molecule has 2 N–H and O–H groups in total. The van der Waals surface area contributed by atoms with Gasteiger partial charge in [0.2, 0.25) is 0 Å². The number of nitrogens with zero attached hydrogens (tertiary/aromatic N) is 1. The molecule has 1 atom stereocenters. The zero-order chi connectivity index (χ0) is 12.4. The third-order valence-electron chi connectivity index (χ3n) is 3.79. The lowest BCUT2D eigenvalue weighted by Crippen LogP contribution is -2.29. The Morgan fingerprint density at radius 3 is 2.39 bits per heavy atom. The smallest absolute Gasteiger partial charge is 0.315 e. The Labute approximate surface area is 107 Å². The van der Waals surface area contributed by atoms with Gasteiger partial charge in [-0.1, -0.05) is 12.1 Å². The van der Waals surface area contributed by atoms with Crippen LogP contribution >= 0.6 is 0 Å². The predicted molar refractivity (Wildman–Crippen MR) is 71.8 cm³/mol. The number of nitrogens with one attached hydrogen (secondary N) is 2. The van der Waals surface area contributed by atoms with Crippen LogP contribution in [0.4, 0.5) is 10.5 Å². The van der Waals surface area contributed by atoms with E-state index in [-0.39, 0.29) is 12.1 Å². The van der Waals surface area contributed by atoms with E-state index in [0.29, 0.717) is 6.54 Å². The molecule has 2 aliphatic rings. The second-order valence-corrected chi connectivity index (χ2v) is 5.05. The molecule has 2 fully saturated rings. The number of hydrogen-bond donors (Lipinski definition) is 2. The summed E-state index contributed by atoms with van der Waals surface area (Å²) in [5.41, 5.74) is 2.48. The molecule has 0 saturated carbocycles. The number of rotatable bonds is 2. The molecule has 0 spiro atoms. The van der Waals surface area contributed by atoms with Crippen molar-refractivity contribution in [1.82, 2.24) is 10.6 Å². The van der Waals surface area contributed by atoms with Crippen LogP contribution in [0.5, 0.6) is 0 Å². The van der Waals surface area contributed by atoms with Gasteiger partial charge in [-0.2, -0.15) is 0 Å². The quantitative estimate of drug-likeness (QED) is 0.837. The number of anilines is 1. The van der Waals surface area contributed by atoms with Gasteiger partial charge in [-0.3, -0.25) is 0 Å². The van der Waals surface area contributed by atoms with Crippen molar-refractivity contribution in [3.05, 3.63) is 29.8 Å². The monoisotopic (exact) mass is 245 g/mol. The van der Waals surface area contributed by atoms with Crippen LogP contribution in [0.2, 0.25) is 0 Å². The summed E-state index contributed by atoms with van der Waals surface area (Å²) in [6.45, 7) is 3.02. The van der Waals surface area contributed by atoms with Crippen molar-refractivity contribution in [3.8, 4) is 0 Å². The van der Waals surface area contributed by atoms with Crippen molar-refractivity contribution in [2.45, 2.75) is 25.3 Å². The first-order valence-corrected chi connectivity index (χ1v) is 6.72. The van der Waals surface area contributed by atoms with Gasteiger partial charge < -0.3 is 15.5 Å². The lowest BCUT2D eigenvalue weighted by molar-refractivity contribution is 0.247. The van der Waals surface area contributed by atoms with E-state index >= 15 is 0 Å². The van der Waals surface area contributed by atoms with Crippen molar-refractivity contribution < 1.29 is 4.79 Å². The fourth-order valence-electron chi connectivity index (χ4n) is 2.73. The highest BCUT2D eigenvalue weighted by Gasteiger charge is 2.21. The first kappa shape index (κ1) is 11.4. The Morgan fingerprint density at radius 1 is 1.06 bits per heavy atom. The summed E-state index contributed by atoms with van der Waals surface area (Å²) in [6.07, 6.45) is 3.95. The summed E-state index contributed by atoms with van der Waals surface area (Å²) in [5, 5.41) is 5.69. The maximum Gasteiger partial charge on any atom is 0.315 e. The molecule has 3 rings (SSSR count). The molecule has 0 bridgehead atoms. The average Bonchev–Trinajstić information content (AvgIpc) is 2.87. The van der Waals surface area contributed by atoms with E-state index in [4.69, 9.17) is 0 Å². The maximum atomic E-state index is 11.1. The van der Waals surface area contributed by atoms with E-state index in [2.05, 4.69) is 39.8 Å². The van der Waals surface area contributed by atoms with Gasteiger partial charge in [-0.05, 0) is 37.0 Å². The van der Waals surface area contributed by atoms with Crippen LogP contribution in [-0.4, -0.2) is 25.7 Å². The Kier molecular flexibility index (Phi) is 3.09. The Hall–Kier alpha value is -1.71. The minimum absolute atomic E-state index is 0.0693. The molecule has 4 heteroatoms. The third-order valence-corrected chi connectivity index (χ3v) is 3.79. The zero-order valence-electron chi connectivity index (χ0n) is 10.5. The maximum absolute atomic E-state index is 11.1. The Morgan fingerprint density at radius 2 is 1.78 bits per heavy atom. The van der Waals surface area contributed by atoms with E-state index in [1.807, 2.05) is 0 Å². The van der Waals surface area contributed by atoms with E-state index in [0.717, 1.165) is 0 Å². The molecule has 2 amide bonds. The Balaban J connectivity index is 1.70. The highest BCUT2D eigenvalue weighted by Crippen LogP contribution is 2.23. The van der Waals surface area contributed by atoms with Crippen molar-refractivity contribution in [2.24, 2.45) is 0 Å². The van der Waals surface area contributed by atoms with Gasteiger partial charge >= 0.3 is 6.03 Å². The molecule has 18 heavy (non-hydrogen) atoms. The first-order chi connectivity index (χ1) is 8.83. The summed E-state index contributed by atoms with van der Waals surface area (Å²) in [4.78, 5) is 13.6. The lowest BCUT2D eigenvalue weighted by atomic mass is 10.1. The van der Waals surface area contributed by atoms with Crippen LogP contribution < -0.4 is 15.5 Å². The van der Waals surface area contributed by atoms with E-state index in [1.54, 1.807) is 0 Å². The molecular weight excluding hydrogens is 226 g/mol. The van der Waals surface area contributed by atoms with Crippen LogP contribution in [0.15, 0.2) is 24.3 Å². The van der Waals surface area contributed by atoms with Crippen LogP contribution in [0.3, 0.4) is 0 Å². The number of benzene rings is 1. The molecule has 2 heterocycles. The molecule has 0 radical (unpaired) electrons. The molecule has 0 aliphatic carbocycles. The number of piperidine rings is 1. The summed E-state index contributed by atoms with van der Waals surface area (Å²) in [7, 11) is 0. The van der Waals surface area contributed by atoms with E-state index < -0.39 is 0 Å². The van der Waals surface area contributed by atoms with Gasteiger partial charge in [0, 0.05) is 25.3 Å². The lowest BCUT2D eigenvalue weighted by Gasteiger charge is -2.29. The number of carbonyl (C=O) groups excluding carboxylic acids is 1. The number of carbonyl (C=O) groups is 1. The third kappa shape index (κ3) is 2.28. The van der Waals surface area contributed by atoms with Gasteiger partial charge in [0.15, 0.2) is 0 Å². The average molecular weight is 245 g/mol. The Bertz CT molecular complexity index is 423. The minimum Gasteiger partial charge on any atom is -0.372 e. The van der Waals surface area contributed by atoms with Gasteiger partial charge in [0.1, 0.15) is 0 Å². The van der Waals surface area contributed by atoms with Crippen molar-refractivity contribution in [2.75, 3.05) is 24.5 Å². The zero-order valence-corrected chi connectivity index (χ0v) is 10.5. The SMILES string of the molecule is O=C1NCC(c2ccc(N3CCCCC3)cc2)N1. The molecule has 0 aromatic heterocycles. The minimum atomic E-state index is -0.0693. The van der Waals surface area contributed by atoms with Gasteiger partial charge in [-0.15, -0.1) is 0 Å². The number of amides is 2. The van der Waals surface area contributed by atoms with Gasteiger partial charge in [0.05, 0.1) is 6.04 Å². The second-order valence-electron chi connectivity index (χ2n) is 5.05. The molecule has 1 aromatic carbocycles. The molecule has 96 valence electrons. The summed E-state index contributed by atoms with van der Waals surface area (Å²) >= 11 is 0. The van der Waals surface area contributed by atoms with E-state index in [1.165, 1.54) is 43.6 Å². The summed E-state index contributed by atoms with van der Waals surface area (Å²) in [6, 6.07) is 8.65. The fraction of sp³-hybridized carbons (Fsp3) is 0.500. The summed E-state index contributed by atoms with van der Waals surface area (Å²) in [5.74, 6) is 0. The van der Waals surface area contributed by atoms with Crippen molar-refractivity contribution in [1.29, 1.82) is 0 Å². The molecule has 1 unspecified atom stereocenters. The first-order valence-electron chi connectivity index (χ1n) is 6.72. The second kappa shape index (κ2) is 4.88. The topological polar surface area (TPSA) is 44.4 Å². The molecule has 2 saturated heterocycles. The van der Waals surface area contributed by atoms with Crippen LogP contribution in [0, 0.1) is 0 Å². The highest BCUT2D eigenvalue weighted by atomic mass is 16.2. The van der Waals surface area contributed by atoms with Crippen LogP contribution in [0.1, 0.15) is 30.9 Å². The van der Waals surface area contributed by atoms with Gasteiger partial charge in [0.25, 0.3) is 0 Å². The highest BCUT2D eigenvalue weighted by molar-refractivity contribution is 5.76. The summed E-state index contributed by atoms with van der Waals surface area (Å²) < 4.78 is 0. The van der Waals surface area contributed by atoms with Crippen molar-refractivity contribution in [3.63, 3.8) is 0 Å². The molecule has 2 aliphatic heterocycles. The number of urea groups is 1. The van der Waals surface area contributed by atoms with E-state index in [9.17, 15) is 4.79 Å². The van der Waals surface area contributed by atoms with Crippen LogP contribution in [-0.2, 0) is 0 Å². The molecular formula is C14H19N3O. The normalized spacial score (nSPS) is 23.7. The molecule has 4 nitrogen and oxygen atoms in total. The fourth-order valence-corrected chi connectivity index (χ4v) is 2.73. The van der Waals surface area contributed by atoms with Crippen molar-refractivity contribution >= 4 is 11.7 Å². The number of hydrogen-bond acceptors (Lipinski definition) is 2. The van der Waals surface area contributed by atoms with Gasteiger partial charge in [-0.25, -0.2) is 4.79 Å². The predicted octanol–water partition coefficient (Wildman–Crippen LogP) is 2.03. The van der Waals surface area contributed by atoms with Crippen LogP contribution in [0.25, 0.3) is 0 Å². The standard InChI is InChI=1S/C14H19N3O/c18-14-15-10-13(16-14)11-4-6-12(7-5-11)17-8-2-1-3-9-17/h4-7,13H,1-3,8-10H2,(H2,15,16,18).